The van der Waals surface area contributed by atoms with Gasteiger partial charge in [-0.3, -0.25) is 0 Å². The minimum atomic E-state index is 0.417. The lowest BCUT2D eigenvalue weighted by Crippen LogP contribution is -1.92. The second kappa shape index (κ2) is 7.01. The summed E-state index contributed by atoms with van der Waals surface area (Å²) in [4.78, 5) is 3.69. The summed E-state index contributed by atoms with van der Waals surface area (Å²) in [5, 5.41) is 0. The fraction of sp³-hybridized carbons (Fsp3) is 0.143. The van der Waals surface area contributed by atoms with E-state index in [1.54, 1.807) is 11.3 Å². The molecule has 2 rings (SSSR count). The maximum Gasteiger partial charge on any atom is 0.0772 e. The van der Waals surface area contributed by atoms with Gasteiger partial charge in [0.25, 0.3) is 0 Å². The maximum atomic E-state index is 5.35. The molecule has 4 heteroatoms. The normalized spacial score (nSPS) is 9.89. The molecule has 18 heavy (non-hydrogen) atoms. The monoisotopic (exact) mass is 337 g/mol. The number of benzene rings is 1. The number of hydrogen-bond donors (Lipinski definition) is 1. The van der Waals surface area contributed by atoms with E-state index in [2.05, 4.69) is 58.1 Å². The van der Waals surface area contributed by atoms with E-state index in [0.29, 0.717) is 6.54 Å². The number of halogens is 1. The van der Waals surface area contributed by atoms with Crippen molar-refractivity contribution in [2.75, 3.05) is 6.54 Å². The molecular weight excluding hydrogens is 326 g/mol. The molecule has 1 heterocycles. The summed E-state index contributed by atoms with van der Waals surface area (Å²) in [6.45, 7) is 0.417. The zero-order valence-electron chi connectivity index (χ0n) is 9.65. The Balaban J connectivity index is 1.96. The largest absolute Gasteiger partial charge is 0.320 e. The quantitative estimate of drug-likeness (QED) is 0.673. The van der Waals surface area contributed by atoms with Gasteiger partial charge in [-0.2, -0.15) is 0 Å². The summed E-state index contributed by atoms with van der Waals surface area (Å²) in [7, 11) is 0. The standard InChI is InChI=1S/C14H12BrNS2/c15-11-3-1-4-13(9-11)17-10-14-7-6-12(18-14)5-2-8-16/h1,3-4,6-7,9H,8,10,16H2. The average molecular weight is 338 g/mol. The molecule has 0 saturated heterocycles. The molecule has 0 unspecified atom stereocenters. The van der Waals surface area contributed by atoms with Crippen LogP contribution in [0, 0.1) is 11.8 Å². The summed E-state index contributed by atoms with van der Waals surface area (Å²) < 4.78 is 1.12. The Kier molecular flexibility index (Phi) is 5.33. The Morgan fingerprint density at radius 1 is 1.28 bits per heavy atom. The Morgan fingerprint density at radius 2 is 2.17 bits per heavy atom. The fourth-order valence-corrected chi connectivity index (χ4v) is 3.80. The molecule has 0 atom stereocenters. The zero-order chi connectivity index (χ0) is 12.8. The van der Waals surface area contributed by atoms with Gasteiger partial charge in [-0.1, -0.05) is 33.8 Å². The maximum absolute atomic E-state index is 5.35. The van der Waals surface area contributed by atoms with Crippen LogP contribution in [-0.4, -0.2) is 6.54 Å². The van der Waals surface area contributed by atoms with Crippen LogP contribution in [0.25, 0.3) is 0 Å². The molecule has 1 aromatic heterocycles. The fourth-order valence-electron chi connectivity index (χ4n) is 1.37. The lowest BCUT2D eigenvalue weighted by Gasteiger charge is -1.99. The van der Waals surface area contributed by atoms with E-state index in [-0.39, 0.29) is 0 Å². The first-order chi connectivity index (χ1) is 8.78. The van der Waals surface area contributed by atoms with Gasteiger partial charge in [-0.15, -0.1) is 23.1 Å². The highest BCUT2D eigenvalue weighted by molar-refractivity contribution is 9.10. The van der Waals surface area contributed by atoms with Crippen molar-refractivity contribution in [2.45, 2.75) is 10.6 Å². The smallest absolute Gasteiger partial charge is 0.0772 e. The van der Waals surface area contributed by atoms with Crippen LogP contribution < -0.4 is 5.73 Å². The first kappa shape index (κ1) is 13.7. The van der Waals surface area contributed by atoms with Gasteiger partial charge in [-0.25, -0.2) is 0 Å². The van der Waals surface area contributed by atoms with Crippen molar-refractivity contribution in [3.8, 4) is 11.8 Å². The molecular formula is C14H12BrNS2. The third-order valence-electron chi connectivity index (χ3n) is 2.15. The molecule has 2 N–H and O–H groups in total. The van der Waals surface area contributed by atoms with Crippen LogP contribution in [0.4, 0.5) is 0 Å². The lowest BCUT2D eigenvalue weighted by molar-refractivity contribution is 1.30. The van der Waals surface area contributed by atoms with Crippen LogP contribution in [0.1, 0.15) is 9.75 Å². The summed E-state index contributed by atoms with van der Waals surface area (Å²) in [5.74, 6) is 6.91. The summed E-state index contributed by atoms with van der Waals surface area (Å²) in [6.07, 6.45) is 0. The molecule has 0 fully saturated rings. The lowest BCUT2D eigenvalue weighted by atomic mass is 10.4. The minimum Gasteiger partial charge on any atom is -0.320 e. The van der Waals surface area contributed by atoms with Gasteiger partial charge >= 0.3 is 0 Å². The number of nitrogens with two attached hydrogens (primary N) is 1. The van der Waals surface area contributed by atoms with Gasteiger partial charge in [0.05, 0.1) is 11.4 Å². The summed E-state index contributed by atoms with van der Waals surface area (Å²) >= 11 is 7.05. The van der Waals surface area contributed by atoms with E-state index >= 15 is 0 Å². The van der Waals surface area contributed by atoms with Crippen LogP contribution in [0.15, 0.2) is 45.8 Å². The van der Waals surface area contributed by atoms with Crippen molar-refractivity contribution in [1.29, 1.82) is 0 Å². The predicted molar refractivity (Wildman–Crippen MR) is 84.0 cm³/mol. The SMILES string of the molecule is NCC#Cc1ccc(CSc2cccc(Br)c2)s1. The molecule has 92 valence electrons. The first-order valence-electron chi connectivity index (χ1n) is 5.44. The molecule has 0 saturated carbocycles. The minimum absolute atomic E-state index is 0.417. The Morgan fingerprint density at radius 3 is 2.94 bits per heavy atom. The Bertz CT molecular complexity index is 581. The number of rotatable bonds is 3. The third-order valence-corrected chi connectivity index (χ3v) is 4.87. The summed E-state index contributed by atoms with van der Waals surface area (Å²) in [5.41, 5.74) is 5.35. The molecule has 0 amide bonds. The van der Waals surface area contributed by atoms with E-state index in [9.17, 15) is 0 Å². The van der Waals surface area contributed by atoms with Crippen LogP contribution in [-0.2, 0) is 5.75 Å². The van der Waals surface area contributed by atoms with Crippen molar-refractivity contribution in [2.24, 2.45) is 5.73 Å². The Labute approximate surface area is 124 Å². The molecule has 0 radical (unpaired) electrons. The summed E-state index contributed by atoms with van der Waals surface area (Å²) in [6, 6.07) is 12.5. The predicted octanol–water partition coefficient (Wildman–Crippen LogP) is 4.11. The van der Waals surface area contributed by atoms with Gasteiger partial charge in [0, 0.05) is 20.0 Å². The highest BCUT2D eigenvalue weighted by atomic mass is 79.9. The van der Waals surface area contributed by atoms with Crippen LogP contribution in [0.3, 0.4) is 0 Å². The second-order valence-corrected chi connectivity index (χ2v) is 6.65. The molecule has 1 aromatic carbocycles. The van der Waals surface area contributed by atoms with Crippen LogP contribution in [0.5, 0.6) is 0 Å². The molecule has 0 aliphatic rings. The average Bonchev–Trinajstić information content (AvgIpc) is 2.82. The van der Waals surface area contributed by atoms with Gasteiger partial charge < -0.3 is 5.73 Å². The van der Waals surface area contributed by atoms with Crippen molar-refractivity contribution in [1.82, 2.24) is 0 Å². The van der Waals surface area contributed by atoms with E-state index < -0.39 is 0 Å². The molecule has 0 aliphatic heterocycles. The van der Waals surface area contributed by atoms with Crippen molar-refractivity contribution in [3.05, 3.63) is 50.6 Å². The van der Waals surface area contributed by atoms with Crippen LogP contribution >= 0.6 is 39.0 Å². The van der Waals surface area contributed by atoms with Crippen molar-refractivity contribution in [3.63, 3.8) is 0 Å². The zero-order valence-corrected chi connectivity index (χ0v) is 12.9. The van der Waals surface area contributed by atoms with Gasteiger partial charge in [0.15, 0.2) is 0 Å². The van der Waals surface area contributed by atoms with Gasteiger partial charge in [0.1, 0.15) is 0 Å². The topological polar surface area (TPSA) is 26.0 Å². The van der Waals surface area contributed by atoms with Gasteiger partial charge in [-0.05, 0) is 30.3 Å². The van der Waals surface area contributed by atoms with Gasteiger partial charge in [0.2, 0.25) is 0 Å². The second-order valence-electron chi connectivity index (χ2n) is 3.52. The molecule has 1 nitrogen and oxygen atoms in total. The molecule has 0 spiro atoms. The van der Waals surface area contributed by atoms with E-state index in [0.717, 1.165) is 15.1 Å². The number of thioether (sulfide) groups is 1. The highest BCUT2D eigenvalue weighted by Crippen LogP contribution is 2.28. The van der Waals surface area contributed by atoms with Crippen molar-refractivity contribution >= 4 is 39.0 Å². The van der Waals surface area contributed by atoms with E-state index in [4.69, 9.17) is 5.73 Å². The molecule has 2 aromatic rings. The molecule has 0 bridgehead atoms. The van der Waals surface area contributed by atoms with Crippen LogP contribution in [0.2, 0.25) is 0 Å². The molecule has 0 aliphatic carbocycles. The Hall–Kier alpha value is -0.730. The number of thiophene rings is 1. The third kappa shape index (κ3) is 4.18. The number of hydrogen-bond acceptors (Lipinski definition) is 3. The highest BCUT2D eigenvalue weighted by Gasteiger charge is 2.00. The van der Waals surface area contributed by atoms with E-state index in [1.807, 2.05) is 17.8 Å². The van der Waals surface area contributed by atoms with Crippen molar-refractivity contribution < 1.29 is 0 Å². The first-order valence-corrected chi connectivity index (χ1v) is 8.03. The van der Waals surface area contributed by atoms with E-state index in [1.165, 1.54) is 9.77 Å².